The first-order chi connectivity index (χ1) is 7.77. The van der Waals surface area contributed by atoms with Crippen LogP contribution in [-0.4, -0.2) is 48.7 Å². The van der Waals surface area contributed by atoms with Crippen LogP contribution in [0.1, 0.15) is 19.3 Å². The van der Waals surface area contributed by atoms with E-state index in [9.17, 15) is 9.59 Å². The Labute approximate surface area is 93.6 Å². The molecule has 0 aliphatic carbocycles. The summed E-state index contributed by atoms with van der Waals surface area (Å²) in [5.41, 5.74) is 2.78. The number of hydrogen-bond acceptors (Lipinski definition) is 4. The molecule has 6 heteroatoms. The average molecular weight is 225 g/mol. The predicted molar refractivity (Wildman–Crippen MR) is 56.8 cm³/mol. The van der Waals surface area contributed by atoms with Crippen molar-refractivity contribution in [3.63, 3.8) is 0 Å². The number of rotatable bonds is 1. The van der Waals surface area contributed by atoms with Crippen molar-refractivity contribution in [1.82, 2.24) is 10.3 Å². The molecule has 0 bridgehead atoms. The molecule has 1 N–H and O–H groups in total. The van der Waals surface area contributed by atoms with Gasteiger partial charge in [-0.25, -0.2) is 5.43 Å². The normalized spacial score (nSPS) is 22.1. The van der Waals surface area contributed by atoms with Crippen LogP contribution in [0, 0.1) is 0 Å². The maximum absolute atomic E-state index is 12.0. The highest BCUT2D eigenvalue weighted by Crippen LogP contribution is 2.06. The standard InChI is InChI=1S/C10H15N3O3/c14-9-3-2-8(11-12-9)10(15)13-4-1-6-16-7-5-13/h1-7H2,(H,12,14). The van der Waals surface area contributed by atoms with Crippen molar-refractivity contribution in [1.29, 1.82) is 0 Å². The summed E-state index contributed by atoms with van der Waals surface area (Å²) in [5, 5.41) is 3.80. The lowest BCUT2D eigenvalue weighted by Gasteiger charge is -2.21. The lowest BCUT2D eigenvalue weighted by Crippen LogP contribution is -2.41. The van der Waals surface area contributed by atoms with Crippen LogP contribution in [0.3, 0.4) is 0 Å². The third-order valence-electron chi connectivity index (χ3n) is 2.66. The second kappa shape index (κ2) is 5.07. The maximum Gasteiger partial charge on any atom is 0.270 e. The Balaban J connectivity index is 1.98. The molecule has 1 saturated heterocycles. The van der Waals surface area contributed by atoms with E-state index in [2.05, 4.69) is 10.5 Å². The van der Waals surface area contributed by atoms with E-state index < -0.39 is 0 Å². The minimum Gasteiger partial charge on any atom is -0.380 e. The van der Waals surface area contributed by atoms with Gasteiger partial charge in [0.15, 0.2) is 0 Å². The Hall–Kier alpha value is -1.43. The van der Waals surface area contributed by atoms with Crippen molar-refractivity contribution in [2.24, 2.45) is 5.10 Å². The van der Waals surface area contributed by atoms with Gasteiger partial charge in [-0.2, -0.15) is 5.10 Å². The SMILES string of the molecule is O=C1CCC(C(=O)N2CCCOCC2)=NN1. The Bertz CT molecular complexity index is 319. The first-order valence-corrected chi connectivity index (χ1v) is 5.50. The van der Waals surface area contributed by atoms with E-state index in [-0.39, 0.29) is 11.8 Å². The molecular formula is C10H15N3O3. The summed E-state index contributed by atoms with van der Waals surface area (Å²) in [4.78, 5) is 24.6. The van der Waals surface area contributed by atoms with Crippen LogP contribution in [0.4, 0.5) is 0 Å². The van der Waals surface area contributed by atoms with Gasteiger partial charge in [0.1, 0.15) is 5.71 Å². The molecule has 1 fully saturated rings. The molecule has 0 aromatic heterocycles. The van der Waals surface area contributed by atoms with E-state index in [1.54, 1.807) is 4.90 Å². The van der Waals surface area contributed by atoms with Crippen molar-refractivity contribution in [3.05, 3.63) is 0 Å². The number of carbonyl (C=O) groups excluding carboxylic acids is 2. The molecule has 2 heterocycles. The van der Waals surface area contributed by atoms with Crippen LogP contribution >= 0.6 is 0 Å². The van der Waals surface area contributed by atoms with Gasteiger partial charge in [-0.3, -0.25) is 9.59 Å². The van der Waals surface area contributed by atoms with E-state index in [0.29, 0.717) is 44.9 Å². The number of carbonyl (C=O) groups is 2. The summed E-state index contributed by atoms with van der Waals surface area (Å²) in [6, 6.07) is 0. The van der Waals surface area contributed by atoms with Gasteiger partial charge < -0.3 is 9.64 Å². The van der Waals surface area contributed by atoms with Crippen LogP contribution in [0.5, 0.6) is 0 Å². The van der Waals surface area contributed by atoms with E-state index in [1.807, 2.05) is 0 Å². The van der Waals surface area contributed by atoms with Crippen molar-refractivity contribution in [2.45, 2.75) is 19.3 Å². The van der Waals surface area contributed by atoms with E-state index in [0.717, 1.165) is 6.42 Å². The third-order valence-corrected chi connectivity index (χ3v) is 2.66. The number of amides is 2. The summed E-state index contributed by atoms with van der Waals surface area (Å²) in [6.45, 7) is 2.58. The quantitative estimate of drug-likeness (QED) is 0.654. The Kier molecular flexibility index (Phi) is 3.51. The number of ether oxygens (including phenoxy) is 1. The minimum atomic E-state index is -0.129. The summed E-state index contributed by atoms with van der Waals surface area (Å²) >= 11 is 0. The number of hydrogen-bond donors (Lipinski definition) is 1. The third kappa shape index (κ3) is 2.57. The summed E-state index contributed by atoms with van der Waals surface area (Å²) < 4.78 is 5.28. The van der Waals surface area contributed by atoms with Gasteiger partial charge in [0.2, 0.25) is 5.91 Å². The van der Waals surface area contributed by atoms with Gasteiger partial charge in [0.25, 0.3) is 5.91 Å². The van der Waals surface area contributed by atoms with Crippen LogP contribution in [0.25, 0.3) is 0 Å². The van der Waals surface area contributed by atoms with E-state index in [4.69, 9.17) is 4.74 Å². The number of hydrazone groups is 1. The molecule has 0 atom stereocenters. The minimum absolute atomic E-state index is 0.0782. The highest BCUT2D eigenvalue weighted by molar-refractivity contribution is 6.39. The molecule has 2 aliphatic heterocycles. The molecule has 2 amide bonds. The molecule has 0 radical (unpaired) electrons. The van der Waals surface area contributed by atoms with Gasteiger partial charge >= 0.3 is 0 Å². The second-order valence-corrected chi connectivity index (χ2v) is 3.85. The number of nitrogens with zero attached hydrogens (tertiary/aromatic N) is 2. The van der Waals surface area contributed by atoms with Gasteiger partial charge in [0, 0.05) is 32.5 Å². The largest absolute Gasteiger partial charge is 0.380 e. The Morgan fingerprint density at radius 2 is 2.19 bits per heavy atom. The molecule has 2 rings (SSSR count). The topological polar surface area (TPSA) is 71.0 Å². The fraction of sp³-hybridized carbons (Fsp3) is 0.700. The highest BCUT2D eigenvalue weighted by atomic mass is 16.5. The van der Waals surface area contributed by atoms with Gasteiger partial charge in [-0.15, -0.1) is 0 Å². The van der Waals surface area contributed by atoms with E-state index >= 15 is 0 Å². The molecule has 0 aromatic rings. The zero-order chi connectivity index (χ0) is 11.4. The first-order valence-electron chi connectivity index (χ1n) is 5.50. The fourth-order valence-corrected chi connectivity index (χ4v) is 1.76. The monoisotopic (exact) mass is 225 g/mol. The van der Waals surface area contributed by atoms with Crippen LogP contribution < -0.4 is 5.43 Å². The van der Waals surface area contributed by atoms with Crippen LogP contribution in [0.2, 0.25) is 0 Å². The molecule has 0 spiro atoms. The Morgan fingerprint density at radius 1 is 1.31 bits per heavy atom. The van der Waals surface area contributed by atoms with Gasteiger partial charge in [-0.1, -0.05) is 0 Å². The fourth-order valence-electron chi connectivity index (χ4n) is 1.76. The number of nitrogens with one attached hydrogen (secondary N) is 1. The molecule has 16 heavy (non-hydrogen) atoms. The molecule has 0 unspecified atom stereocenters. The van der Waals surface area contributed by atoms with Crippen molar-refractivity contribution >= 4 is 17.5 Å². The van der Waals surface area contributed by atoms with Crippen LogP contribution in [0.15, 0.2) is 5.10 Å². The lowest BCUT2D eigenvalue weighted by atomic mass is 10.1. The van der Waals surface area contributed by atoms with Crippen molar-refractivity contribution in [2.75, 3.05) is 26.3 Å². The van der Waals surface area contributed by atoms with Crippen LogP contribution in [-0.2, 0) is 14.3 Å². The summed E-state index contributed by atoms with van der Waals surface area (Å²) in [6.07, 6.45) is 1.63. The molecule has 88 valence electrons. The second-order valence-electron chi connectivity index (χ2n) is 3.85. The zero-order valence-electron chi connectivity index (χ0n) is 9.07. The zero-order valence-corrected chi connectivity index (χ0v) is 9.07. The molecule has 0 saturated carbocycles. The maximum atomic E-state index is 12.0. The highest BCUT2D eigenvalue weighted by Gasteiger charge is 2.23. The molecule has 6 nitrogen and oxygen atoms in total. The first kappa shape index (κ1) is 11.1. The average Bonchev–Trinajstić information content (AvgIpc) is 2.57. The molecule has 0 aromatic carbocycles. The Morgan fingerprint density at radius 3 is 2.94 bits per heavy atom. The lowest BCUT2D eigenvalue weighted by molar-refractivity contribution is -0.124. The smallest absolute Gasteiger partial charge is 0.270 e. The summed E-state index contributed by atoms with van der Waals surface area (Å²) in [5.74, 6) is -0.207. The van der Waals surface area contributed by atoms with Crippen molar-refractivity contribution in [3.8, 4) is 0 Å². The van der Waals surface area contributed by atoms with E-state index in [1.165, 1.54) is 0 Å². The van der Waals surface area contributed by atoms with Gasteiger partial charge in [0.05, 0.1) is 6.61 Å². The predicted octanol–water partition coefficient (Wildman–Crippen LogP) is -0.499. The van der Waals surface area contributed by atoms with Crippen molar-refractivity contribution < 1.29 is 14.3 Å². The summed E-state index contributed by atoms with van der Waals surface area (Å²) in [7, 11) is 0. The molecule has 2 aliphatic rings. The molecular weight excluding hydrogens is 210 g/mol. The van der Waals surface area contributed by atoms with Gasteiger partial charge in [-0.05, 0) is 6.42 Å².